The van der Waals surface area contributed by atoms with Crippen LogP contribution in [0.15, 0.2) is 60.2 Å². The predicted octanol–water partition coefficient (Wildman–Crippen LogP) is 5.36. The third-order valence-electron chi connectivity index (χ3n) is 5.64. The van der Waals surface area contributed by atoms with Gasteiger partial charge in [-0.05, 0) is 61.0 Å². The highest BCUT2D eigenvalue weighted by atomic mass is 35.5. The summed E-state index contributed by atoms with van der Waals surface area (Å²) in [6.07, 6.45) is 0. The van der Waals surface area contributed by atoms with Gasteiger partial charge in [0.15, 0.2) is 11.5 Å². The summed E-state index contributed by atoms with van der Waals surface area (Å²) in [5.41, 5.74) is -0.184. The number of carbonyl (C=O) groups excluding carboxylic acids is 2. The fourth-order valence-corrected chi connectivity index (χ4v) is 4.21. The van der Waals surface area contributed by atoms with Crippen molar-refractivity contribution in [3.63, 3.8) is 0 Å². The van der Waals surface area contributed by atoms with Gasteiger partial charge in [-0.2, -0.15) is 0 Å². The smallest absolute Gasteiger partial charge is 0.300 e. The van der Waals surface area contributed by atoms with Crippen LogP contribution in [0.2, 0.25) is 5.02 Å². The number of amides is 1. The SMILES string of the molecule is CCOc1cc(C2/C(=C(\O)c3cc(F)ccc3OC)C(=O)C(=O)N2c2ccc(F)c(Cl)c2)ccc1O. The lowest BCUT2D eigenvalue weighted by Crippen LogP contribution is -2.29. The van der Waals surface area contributed by atoms with Gasteiger partial charge in [0.1, 0.15) is 23.1 Å². The number of halogens is 3. The number of nitrogens with zero attached hydrogens (tertiary/aromatic N) is 1. The van der Waals surface area contributed by atoms with Gasteiger partial charge in [-0.1, -0.05) is 17.7 Å². The van der Waals surface area contributed by atoms with E-state index in [4.69, 9.17) is 21.1 Å². The van der Waals surface area contributed by atoms with Crippen LogP contribution in [0.1, 0.15) is 24.1 Å². The number of hydrogen-bond donors (Lipinski definition) is 2. The minimum Gasteiger partial charge on any atom is -0.507 e. The second kappa shape index (κ2) is 9.87. The largest absolute Gasteiger partial charge is 0.507 e. The summed E-state index contributed by atoms with van der Waals surface area (Å²) >= 11 is 5.94. The van der Waals surface area contributed by atoms with E-state index in [2.05, 4.69) is 0 Å². The first-order valence-corrected chi connectivity index (χ1v) is 11.1. The molecule has 0 aromatic heterocycles. The summed E-state index contributed by atoms with van der Waals surface area (Å²) in [7, 11) is 1.30. The van der Waals surface area contributed by atoms with Gasteiger partial charge >= 0.3 is 0 Å². The van der Waals surface area contributed by atoms with Crippen LogP contribution in [0.4, 0.5) is 14.5 Å². The number of methoxy groups -OCH3 is 1. The van der Waals surface area contributed by atoms with Crippen molar-refractivity contribution < 1.29 is 38.1 Å². The van der Waals surface area contributed by atoms with Crippen molar-refractivity contribution in [2.45, 2.75) is 13.0 Å². The molecule has 1 heterocycles. The molecule has 1 atom stereocenters. The Labute approximate surface area is 209 Å². The fourth-order valence-electron chi connectivity index (χ4n) is 4.03. The highest BCUT2D eigenvalue weighted by Crippen LogP contribution is 2.45. The van der Waals surface area contributed by atoms with Crippen LogP contribution >= 0.6 is 11.6 Å². The number of ketones is 1. The second-order valence-corrected chi connectivity index (χ2v) is 8.18. The summed E-state index contributed by atoms with van der Waals surface area (Å²) in [5, 5.41) is 21.1. The Morgan fingerprint density at radius 1 is 1.06 bits per heavy atom. The number of Topliss-reactive ketones (excluding diaryl/α,β-unsaturated/α-hetero) is 1. The molecular formula is C26H20ClF2NO6. The molecule has 7 nitrogen and oxygen atoms in total. The maximum atomic E-state index is 14.1. The summed E-state index contributed by atoms with van der Waals surface area (Å²) in [6, 6.07) is 9.69. The van der Waals surface area contributed by atoms with E-state index in [0.29, 0.717) is 0 Å². The monoisotopic (exact) mass is 515 g/mol. The molecule has 186 valence electrons. The minimum atomic E-state index is -1.26. The Hall–Kier alpha value is -4.11. The molecule has 0 bridgehead atoms. The zero-order valence-electron chi connectivity index (χ0n) is 19.1. The highest BCUT2D eigenvalue weighted by molar-refractivity contribution is 6.51. The van der Waals surface area contributed by atoms with Crippen molar-refractivity contribution in [1.29, 1.82) is 0 Å². The van der Waals surface area contributed by atoms with Gasteiger partial charge in [0, 0.05) is 5.69 Å². The summed E-state index contributed by atoms with van der Waals surface area (Å²) in [6.45, 7) is 1.92. The normalized spacial score (nSPS) is 16.9. The number of ether oxygens (including phenoxy) is 2. The molecule has 4 rings (SSSR count). The number of aliphatic hydroxyl groups is 1. The minimum absolute atomic E-state index is 0.0596. The van der Waals surface area contributed by atoms with Crippen LogP contribution in [0.5, 0.6) is 17.2 Å². The lowest BCUT2D eigenvalue weighted by Gasteiger charge is -2.26. The average Bonchev–Trinajstić information content (AvgIpc) is 3.12. The topological polar surface area (TPSA) is 96.3 Å². The first-order valence-electron chi connectivity index (χ1n) is 10.7. The van der Waals surface area contributed by atoms with Crippen molar-refractivity contribution in [3.05, 3.63) is 88.0 Å². The van der Waals surface area contributed by atoms with Crippen LogP contribution in [0, 0.1) is 11.6 Å². The molecule has 0 radical (unpaired) electrons. The van der Waals surface area contributed by atoms with Gasteiger partial charge in [0.05, 0.1) is 35.9 Å². The number of carbonyl (C=O) groups is 2. The van der Waals surface area contributed by atoms with Gasteiger partial charge in [-0.25, -0.2) is 8.78 Å². The molecule has 10 heteroatoms. The number of phenolic OH excluding ortho intramolecular Hbond substituents is 1. The van der Waals surface area contributed by atoms with Gasteiger partial charge < -0.3 is 19.7 Å². The zero-order chi connectivity index (χ0) is 26.1. The van der Waals surface area contributed by atoms with Crippen molar-refractivity contribution in [2.75, 3.05) is 18.6 Å². The standard InChI is InChI=1S/C26H20ClF2NO6/c1-3-36-21-10-13(4-8-19(21)31)23-22(24(32)16-11-14(28)5-9-20(16)35-2)25(33)26(34)30(23)15-6-7-18(29)17(27)12-15/h4-12,23,31-32H,3H2,1-2H3/b24-22+. The van der Waals surface area contributed by atoms with Crippen LogP contribution in [-0.2, 0) is 9.59 Å². The molecule has 1 saturated heterocycles. The van der Waals surface area contributed by atoms with E-state index in [1.807, 2.05) is 0 Å². The van der Waals surface area contributed by atoms with E-state index in [1.54, 1.807) is 6.92 Å². The Kier molecular flexibility index (Phi) is 6.85. The molecule has 3 aromatic rings. The second-order valence-electron chi connectivity index (χ2n) is 7.77. The van der Waals surface area contributed by atoms with Crippen molar-refractivity contribution in [3.8, 4) is 17.2 Å². The van der Waals surface area contributed by atoms with Crippen LogP contribution in [-0.4, -0.2) is 35.6 Å². The lowest BCUT2D eigenvalue weighted by molar-refractivity contribution is -0.132. The van der Waals surface area contributed by atoms with Crippen molar-refractivity contribution >= 4 is 34.7 Å². The number of hydrogen-bond acceptors (Lipinski definition) is 6. The highest BCUT2D eigenvalue weighted by Gasteiger charge is 2.47. The molecular weight excluding hydrogens is 496 g/mol. The average molecular weight is 516 g/mol. The quantitative estimate of drug-likeness (QED) is 0.261. The fraction of sp³-hybridized carbons (Fsp3) is 0.154. The zero-order valence-corrected chi connectivity index (χ0v) is 19.8. The number of benzene rings is 3. The number of rotatable bonds is 6. The van der Waals surface area contributed by atoms with E-state index in [-0.39, 0.29) is 51.3 Å². The number of aliphatic hydroxyl groups excluding tert-OH is 1. The Morgan fingerprint density at radius 2 is 1.81 bits per heavy atom. The van der Waals surface area contributed by atoms with E-state index < -0.39 is 35.1 Å². The van der Waals surface area contributed by atoms with Gasteiger partial charge in [0.2, 0.25) is 0 Å². The number of aromatic hydroxyl groups is 1. The van der Waals surface area contributed by atoms with Crippen molar-refractivity contribution in [1.82, 2.24) is 0 Å². The molecule has 2 N–H and O–H groups in total. The predicted molar refractivity (Wildman–Crippen MR) is 128 cm³/mol. The molecule has 0 aliphatic carbocycles. The van der Waals surface area contributed by atoms with Gasteiger partial charge in [-0.15, -0.1) is 0 Å². The molecule has 0 spiro atoms. The number of anilines is 1. The first-order chi connectivity index (χ1) is 17.2. The third-order valence-corrected chi connectivity index (χ3v) is 5.93. The molecule has 1 aliphatic heterocycles. The maximum Gasteiger partial charge on any atom is 0.300 e. The number of phenols is 1. The third kappa shape index (κ3) is 4.33. The van der Waals surface area contributed by atoms with E-state index in [0.717, 1.165) is 23.1 Å². The molecule has 1 amide bonds. The Morgan fingerprint density at radius 3 is 2.47 bits per heavy atom. The van der Waals surface area contributed by atoms with Crippen LogP contribution in [0.3, 0.4) is 0 Å². The summed E-state index contributed by atoms with van der Waals surface area (Å²) < 4.78 is 38.6. The molecule has 1 fully saturated rings. The summed E-state index contributed by atoms with van der Waals surface area (Å²) in [5.74, 6) is -4.30. The lowest BCUT2D eigenvalue weighted by atomic mass is 9.94. The van der Waals surface area contributed by atoms with E-state index in [1.165, 1.54) is 43.5 Å². The molecule has 1 aliphatic rings. The molecule has 36 heavy (non-hydrogen) atoms. The molecule has 1 unspecified atom stereocenters. The van der Waals surface area contributed by atoms with Gasteiger partial charge in [0.25, 0.3) is 11.7 Å². The molecule has 0 saturated carbocycles. The van der Waals surface area contributed by atoms with Crippen molar-refractivity contribution in [2.24, 2.45) is 0 Å². The van der Waals surface area contributed by atoms with E-state index in [9.17, 15) is 28.6 Å². The van der Waals surface area contributed by atoms with Gasteiger partial charge in [-0.3, -0.25) is 14.5 Å². The Balaban J connectivity index is 2.01. The Bertz CT molecular complexity index is 1410. The maximum absolute atomic E-state index is 14.1. The summed E-state index contributed by atoms with van der Waals surface area (Å²) in [4.78, 5) is 27.5. The first kappa shape index (κ1) is 25.0. The van der Waals surface area contributed by atoms with E-state index >= 15 is 0 Å². The molecule has 3 aromatic carbocycles. The van der Waals surface area contributed by atoms with Crippen LogP contribution < -0.4 is 14.4 Å². The van der Waals surface area contributed by atoms with Crippen LogP contribution in [0.25, 0.3) is 5.76 Å².